The molecule has 5 heteroatoms. The summed E-state index contributed by atoms with van der Waals surface area (Å²) >= 11 is 0. The number of ketones is 1. The molecule has 122 valence electrons. The maximum absolute atomic E-state index is 13.0. The van der Waals surface area contributed by atoms with Gasteiger partial charge in [0, 0.05) is 11.1 Å². The van der Waals surface area contributed by atoms with Gasteiger partial charge in [-0.15, -0.1) is 0 Å². The van der Waals surface area contributed by atoms with Crippen LogP contribution in [0, 0.1) is 12.7 Å². The molecule has 3 aromatic rings. The summed E-state index contributed by atoms with van der Waals surface area (Å²) in [6.45, 7) is 2.14. The van der Waals surface area contributed by atoms with Crippen LogP contribution in [-0.4, -0.2) is 10.4 Å². The van der Waals surface area contributed by atoms with Gasteiger partial charge >= 0.3 is 5.95 Å². The van der Waals surface area contributed by atoms with Crippen LogP contribution in [0.2, 0.25) is 0 Å². The summed E-state index contributed by atoms with van der Waals surface area (Å²) in [5.41, 5.74) is 9.74. The van der Waals surface area contributed by atoms with E-state index in [0.29, 0.717) is 11.5 Å². The largest absolute Gasteiger partial charge is 0.355 e. The highest BCUT2D eigenvalue weighted by Crippen LogP contribution is 2.20. The molecule has 1 heterocycles. The van der Waals surface area contributed by atoms with Crippen molar-refractivity contribution in [3.05, 3.63) is 71.7 Å². The Morgan fingerprint density at radius 2 is 1.75 bits per heavy atom. The van der Waals surface area contributed by atoms with Crippen molar-refractivity contribution < 1.29 is 13.8 Å². The van der Waals surface area contributed by atoms with Gasteiger partial charge in [-0.1, -0.05) is 29.8 Å². The molecule has 3 rings (SSSR count). The molecule has 0 aliphatic heterocycles. The number of halogens is 1. The van der Waals surface area contributed by atoms with Crippen LogP contribution < -0.4 is 10.3 Å². The van der Waals surface area contributed by atoms with Crippen molar-refractivity contribution in [1.29, 1.82) is 0 Å². The molecule has 24 heavy (non-hydrogen) atoms. The average molecular weight is 324 g/mol. The molecule has 0 saturated heterocycles. The van der Waals surface area contributed by atoms with Gasteiger partial charge in [-0.2, -0.15) is 0 Å². The number of nitrogens with two attached hydrogens (primary N) is 1. The van der Waals surface area contributed by atoms with E-state index in [2.05, 4.69) is 0 Å². The lowest BCUT2D eigenvalue weighted by molar-refractivity contribution is -0.667. The monoisotopic (exact) mass is 324 g/mol. The van der Waals surface area contributed by atoms with Gasteiger partial charge in [-0.25, -0.2) is 13.5 Å². The number of Topliss-reactive ketones (excluding diaryl/α,β-unsaturated/α-hetero) is 1. The molecule has 0 spiro atoms. The highest BCUT2D eigenvalue weighted by Gasteiger charge is 2.20. The normalized spacial score (nSPS) is 10.8. The van der Waals surface area contributed by atoms with Crippen LogP contribution in [0.4, 0.5) is 10.3 Å². The highest BCUT2D eigenvalue weighted by atomic mass is 19.1. The minimum absolute atomic E-state index is 0.108. The van der Waals surface area contributed by atoms with Crippen LogP contribution >= 0.6 is 0 Å². The van der Waals surface area contributed by atoms with E-state index in [0.717, 1.165) is 11.3 Å². The molecule has 0 unspecified atom stereocenters. The number of aryl methyl sites for hydroxylation is 1. The van der Waals surface area contributed by atoms with Gasteiger partial charge in [-0.05, 0) is 31.2 Å². The minimum atomic E-state index is -0.361. The molecule has 2 N–H and O–H groups in total. The Balaban J connectivity index is 1.89. The predicted octanol–water partition coefficient (Wildman–Crippen LogP) is 2.89. The summed E-state index contributed by atoms with van der Waals surface area (Å²) in [6.07, 6.45) is 1.86. The lowest BCUT2D eigenvalue weighted by Gasteiger charge is -2.00. The first-order valence-corrected chi connectivity index (χ1v) is 7.66. The Morgan fingerprint density at radius 1 is 1.12 bits per heavy atom. The van der Waals surface area contributed by atoms with Crippen LogP contribution in [-0.2, 0) is 13.6 Å². The number of anilines is 1. The molecule has 1 aromatic heterocycles. The molecule has 4 nitrogen and oxygen atoms in total. The number of benzene rings is 2. The van der Waals surface area contributed by atoms with Gasteiger partial charge in [0.05, 0.1) is 7.05 Å². The smallest absolute Gasteiger partial charge is 0.291 e. The molecule has 0 atom stereocenters. The van der Waals surface area contributed by atoms with Gasteiger partial charge in [0.25, 0.3) is 0 Å². The van der Waals surface area contributed by atoms with E-state index in [-0.39, 0.29) is 18.1 Å². The Hall–Kier alpha value is -2.95. The molecule has 0 aliphatic rings. The summed E-state index contributed by atoms with van der Waals surface area (Å²) in [5.74, 6) is 0.00822. The summed E-state index contributed by atoms with van der Waals surface area (Å²) in [7, 11) is 1.86. The number of imidazole rings is 1. The third-order valence-corrected chi connectivity index (χ3v) is 4.10. The number of carbonyl (C=O) groups is 1. The second kappa shape index (κ2) is 6.28. The summed E-state index contributed by atoms with van der Waals surface area (Å²) in [5, 5.41) is 0. The van der Waals surface area contributed by atoms with E-state index in [1.165, 1.54) is 29.8 Å². The maximum Gasteiger partial charge on any atom is 0.355 e. The van der Waals surface area contributed by atoms with Crippen LogP contribution in [0.15, 0.2) is 54.7 Å². The van der Waals surface area contributed by atoms with Crippen molar-refractivity contribution in [3.63, 3.8) is 0 Å². The Bertz CT molecular complexity index is 880. The van der Waals surface area contributed by atoms with E-state index in [4.69, 9.17) is 5.73 Å². The fourth-order valence-electron chi connectivity index (χ4n) is 2.62. The summed E-state index contributed by atoms with van der Waals surface area (Å²) < 4.78 is 16.5. The number of hydrogen-bond acceptors (Lipinski definition) is 2. The number of carbonyl (C=O) groups excluding carboxylic acids is 1. The number of nitrogens with zero attached hydrogens (tertiary/aromatic N) is 2. The average Bonchev–Trinajstić information content (AvgIpc) is 2.85. The number of aromatic nitrogens is 2. The minimum Gasteiger partial charge on any atom is -0.291 e. The molecular formula is C19H19FN3O+. The van der Waals surface area contributed by atoms with Crippen molar-refractivity contribution >= 4 is 11.7 Å². The standard InChI is InChI=1S/C19H18FN3O/c1-13-3-5-14(6-4-13)17-11-23(19(21)22(17)2)12-18(24)15-7-9-16(20)10-8-15/h3-11,21H,12H2,1-2H3/p+1. The molecule has 0 aliphatic carbocycles. The molecule has 0 radical (unpaired) electrons. The van der Waals surface area contributed by atoms with Crippen LogP contribution in [0.1, 0.15) is 15.9 Å². The topological polar surface area (TPSA) is 51.9 Å². The lowest BCUT2D eigenvalue weighted by atomic mass is 10.1. The number of hydrogen-bond donors (Lipinski definition) is 1. The first-order chi connectivity index (χ1) is 11.5. The van der Waals surface area contributed by atoms with Gasteiger partial charge in [0.15, 0.2) is 5.78 Å². The fraction of sp³-hybridized carbons (Fsp3) is 0.158. The van der Waals surface area contributed by atoms with Crippen LogP contribution in [0.5, 0.6) is 0 Å². The van der Waals surface area contributed by atoms with Crippen molar-refractivity contribution in [1.82, 2.24) is 4.57 Å². The molecule has 0 saturated carbocycles. The van der Waals surface area contributed by atoms with E-state index in [9.17, 15) is 9.18 Å². The Kier molecular flexibility index (Phi) is 4.16. The lowest BCUT2D eigenvalue weighted by Crippen LogP contribution is -2.39. The second-order valence-electron chi connectivity index (χ2n) is 5.86. The third-order valence-electron chi connectivity index (χ3n) is 4.10. The molecule has 2 aromatic carbocycles. The molecular weight excluding hydrogens is 305 g/mol. The Morgan fingerprint density at radius 3 is 2.38 bits per heavy atom. The van der Waals surface area contributed by atoms with Crippen LogP contribution in [0.3, 0.4) is 0 Å². The zero-order valence-electron chi connectivity index (χ0n) is 13.7. The van der Waals surface area contributed by atoms with Crippen LogP contribution in [0.25, 0.3) is 11.3 Å². The number of rotatable bonds is 4. The first-order valence-electron chi connectivity index (χ1n) is 7.66. The van der Waals surface area contributed by atoms with E-state index in [1.807, 2.05) is 49.0 Å². The molecule has 0 amide bonds. The second-order valence-corrected chi connectivity index (χ2v) is 5.86. The zero-order valence-corrected chi connectivity index (χ0v) is 13.7. The molecule has 0 bridgehead atoms. The van der Waals surface area contributed by atoms with E-state index in [1.54, 1.807) is 4.57 Å². The van der Waals surface area contributed by atoms with E-state index < -0.39 is 0 Å². The van der Waals surface area contributed by atoms with Gasteiger partial charge in [0.1, 0.15) is 24.3 Å². The summed E-state index contributed by atoms with van der Waals surface area (Å²) in [6, 6.07) is 13.6. The van der Waals surface area contributed by atoms with Crippen molar-refractivity contribution in [3.8, 4) is 11.3 Å². The van der Waals surface area contributed by atoms with Gasteiger partial charge in [-0.3, -0.25) is 10.5 Å². The SMILES string of the molecule is Cc1ccc(-c2c[n+](CC(=O)c3ccc(F)cc3)c(N)n2C)cc1. The highest BCUT2D eigenvalue weighted by molar-refractivity contribution is 5.95. The molecule has 0 fully saturated rings. The zero-order chi connectivity index (χ0) is 17.3. The van der Waals surface area contributed by atoms with Gasteiger partial charge in [0.2, 0.25) is 0 Å². The Labute approximate surface area is 140 Å². The maximum atomic E-state index is 13.0. The third kappa shape index (κ3) is 3.06. The van der Waals surface area contributed by atoms with Crippen molar-refractivity contribution in [2.24, 2.45) is 7.05 Å². The van der Waals surface area contributed by atoms with Crippen molar-refractivity contribution in [2.75, 3.05) is 5.73 Å². The number of nitrogen functional groups attached to an aromatic ring is 1. The van der Waals surface area contributed by atoms with E-state index >= 15 is 0 Å². The summed E-state index contributed by atoms with van der Waals surface area (Å²) in [4.78, 5) is 12.4. The fourth-order valence-corrected chi connectivity index (χ4v) is 2.62. The quantitative estimate of drug-likeness (QED) is 0.593. The van der Waals surface area contributed by atoms with Crippen molar-refractivity contribution in [2.45, 2.75) is 13.5 Å². The first kappa shape index (κ1) is 15.9. The van der Waals surface area contributed by atoms with Gasteiger partial charge < -0.3 is 0 Å². The predicted molar refractivity (Wildman–Crippen MR) is 90.9 cm³/mol.